The number of ether oxygens (including phenoxy) is 1. The van der Waals surface area contributed by atoms with Gasteiger partial charge in [0.25, 0.3) is 0 Å². The average Bonchev–Trinajstić information content (AvgIpc) is 2.48. The van der Waals surface area contributed by atoms with Gasteiger partial charge in [0, 0.05) is 5.02 Å². The Balaban J connectivity index is 1.78. The molecule has 1 amide bonds. The normalized spacial score (nSPS) is 11.7. The van der Waals surface area contributed by atoms with Gasteiger partial charge in [-0.2, -0.15) is 0 Å². The SMILES string of the molecule is C[C@H](COc1ccccc1)NC(=O)Cc1ccccc1Cl. The molecule has 110 valence electrons. The Hall–Kier alpha value is -2.00. The lowest BCUT2D eigenvalue weighted by molar-refractivity contribution is -0.121. The molecule has 0 bridgehead atoms. The molecule has 0 aliphatic heterocycles. The number of hydrogen-bond acceptors (Lipinski definition) is 2. The molecule has 3 nitrogen and oxygen atoms in total. The van der Waals surface area contributed by atoms with Crippen LogP contribution in [0.15, 0.2) is 54.6 Å². The fourth-order valence-corrected chi connectivity index (χ4v) is 2.12. The van der Waals surface area contributed by atoms with Crippen molar-refractivity contribution in [2.45, 2.75) is 19.4 Å². The number of halogens is 1. The summed E-state index contributed by atoms with van der Waals surface area (Å²) in [5.41, 5.74) is 0.827. The fraction of sp³-hybridized carbons (Fsp3) is 0.235. The molecule has 21 heavy (non-hydrogen) atoms. The summed E-state index contributed by atoms with van der Waals surface area (Å²) in [6.07, 6.45) is 0.273. The molecule has 2 aromatic carbocycles. The van der Waals surface area contributed by atoms with Crippen molar-refractivity contribution in [3.63, 3.8) is 0 Å². The van der Waals surface area contributed by atoms with Gasteiger partial charge in [-0.15, -0.1) is 0 Å². The molecule has 2 rings (SSSR count). The van der Waals surface area contributed by atoms with Gasteiger partial charge in [-0.25, -0.2) is 0 Å². The third kappa shape index (κ3) is 5.12. The highest BCUT2D eigenvalue weighted by Crippen LogP contribution is 2.15. The number of carbonyl (C=O) groups is 1. The molecule has 0 spiro atoms. The lowest BCUT2D eigenvalue weighted by atomic mass is 10.1. The van der Waals surface area contributed by atoms with Gasteiger partial charge in [0.05, 0.1) is 12.5 Å². The second-order valence-electron chi connectivity index (χ2n) is 4.86. The molecule has 0 saturated heterocycles. The van der Waals surface area contributed by atoms with Gasteiger partial charge in [0.2, 0.25) is 5.91 Å². The Morgan fingerprint density at radius 1 is 1.14 bits per heavy atom. The molecule has 0 saturated carbocycles. The van der Waals surface area contributed by atoms with E-state index in [0.717, 1.165) is 11.3 Å². The first-order valence-electron chi connectivity index (χ1n) is 6.86. The summed E-state index contributed by atoms with van der Waals surface area (Å²) in [6.45, 7) is 2.34. The van der Waals surface area contributed by atoms with Crippen LogP contribution in [0, 0.1) is 0 Å². The predicted octanol–water partition coefficient (Wildman–Crippen LogP) is 3.47. The smallest absolute Gasteiger partial charge is 0.224 e. The highest BCUT2D eigenvalue weighted by atomic mass is 35.5. The van der Waals surface area contributed by atoms with Gasteiger partial charge >= 0.3 is 0 Å². The molecule has 0 heterocycles. The number of benzene rings is 2. The number of nitrogens with one attached hydrogen (secondary N) is 1. The number of carbonyl (C=O) groups excluding carboxylic acids is 1. The topological polar surface area (TPSA) is 38.3 Å². The van der Waals surface area contributed by atoms with E-state index in [-0.39, 0.29) is 18.4 Å². The van der Waals surface area contributed by atoms with Crippen LogP contribution in [0.3, 0.4) is 0 Å². The van der Waals surface area contributed by atoms with Crippen LogP contribution in [0.4, 0.5) is 0 Å². The molecule has 2 aromatic rings. The molecule has 0 aliphatic carbocycles. The largest absolute Gasteiger partial charge is 0.491 e. The molecule has 0 aromatic heterocycles. The van der Waals surface area contributed by atoms with Crippen molar-refractivity contribution in [3.8, 4) is 5.75 Å². The van der Waals surface area contributed by atoms with Crippen LogP contribution in [0.1, 0.15) is 12.5 Å². The van der Waals surface area contributed by atoms with Crippen molar-refractivity contribution in [3.05, 3.63) is 65.2 Å². The van der Waals surface area contributed by atoms with Gasteiger partial charge in [-0.1, -0.05) is 48.0 Å². The molecule has 1 N–H and O–H groups in total. The van der Waals surface area contributed by atoms with E-state index < -0.39 is 0 Å². The highest BCUT2D eigenvalue weighted by Gasteiger charge is 2.10. The predicted molar refractivity (Wildman–Crippen MR) is 84.7 cm³/mol. The van der Waals surface area contributed by atoms with Gasteiger partial charge in [-0.05, 0) is 30.7 Å². The fourth-order valence-electron chi connectivity index (χ4n) is 1.92. The van der Waals surface area contributed by atoms with Crippen molar-refractivity contribution in [1.29, 1.82) is 0 Å². The maximum atomic E-state index is 12.0. The molecular formula is C17H18ClNO2. The van der Waals surface area contributed by atoms with E-state index >= 15 is 0 Å². The van der Waals surface area contributed by atoms with Crippen molar-refractivity contribution in [2.75, 3.05) is 6.61 Å². The standard InChI is InChI=1S/C17H18ClNO2/c1-13(12-21-15-8-3-2-4-9-15)19-17(20)11-14-7-5-6-10-16(14)18/h2-10,13H,11-12H2,1H3,(H,19,20)/t13-/m1/s1. The average molecular weight is 304 g/mol. The molecule has 0 radical (unpaired) electrons. The van der Waals surface area contributed by atoms with Crippen LogP contribution in [0.5, 0.6) is 5.75 Å². The summed E-state index contributed by atoms with van der Waals surface area (Å²) in [7, 11) is 0. The number of para-hydroxylation sites is 1. The monoisotopic (exact) mass is 303 g/mol. The summed E-state index contributed by atoms with van der Waals surface area (Å²) in [5.74, 6) is 0.733. The van der Waals surface area contributed by atoms with Crippen LogP contribution in [0.25, 0.3) is 0 Å². The van der Waals surface area contributed by atoms with Crippen LogP contribution in [-0.4, -0.2) is 18.6 Å². The van der Waals surface area contributed by atoms with Crippen molar-refractivity contribution in [1.82, 2.24) is 5.32 Å². The first-order valence-corrected chi connectivity index (χ1v) is 7.23. The summed E-state index contributed by atoms with van der Waals surface area (Å²) in [6, 6.07) is 16.8. The van der Waals surface area contributed by atoms with Crippen molar-refractivity contribution < 1.29 is 9.53 Å². The number of amides is 1. The Morgan fingerprint density at radius 3 is 2.52 bits per heavy atom. The van der Waals surface area contributed by atoms with Crippen LogP contribution in [-0.2, 0) is 11.2 Å². The Bertz CT molecular complexity index is 586. The van der Waals surface area contributed by atoms with Gasteiger partial charge < -0.3 is 10.1 Å². The van der Waals surface area contributed by atoms with Crippen molar-refractivity contribution >= 4 is 17.5 Å². The third-order valence-electron chi connectivity index (χ3n) is 2.96. The lowest BCUT2D eigenvalue weighted by Gasteiger charge is -2.15. The maximum absolute atomic E-state index is 12.0. The Morgan fingerprint density at radius 2 is 1.81 bits per heavy atom. The zero-order chi connectivity index (χ0) is 15.1. The summed E-state index contributed by atoms with van der Waals surface area (Å²) in [5, 5.41) is 3.52. The van der Waals surface area contributed by atoms with E-state index in [2.05, 4.69) is 5.32 Å². The summed E-state index contributed by atoms with van der Waals surface area (Å²) < 4.78 is 5.60. The zero-order valence-corrected chi connectivity index (χ0v) is 12.6. The first kappa shape index (κ1) is 15.4. The van der Waals surface area contributed by atoms with Gasteiger partial charge in [-0.3, -0.25) is 4.79 Å². The molecule has 1 atom stereocenters. The number of hydrogen-bond donors (Lipinski definition) is 1. The molecule has 0 unspecified atom stereocenters. The third-order valence-corrected chi connectivity index (χ3v) is 3.33. The zero-order valence-electron chi connectivity index (χ0n) is 11.9. The van der Waals surface area contributed by atoms with E-state index in [1.165, 1.54) is 0 Å². The van der Waals surface area contributed by atoms with E-state index in [9.17, 15) is 4.79 Å². The number of rotatable bonds is 6. The van der Waals surface area contributed by atoms with E-state index in [0.29, 0.717) is 11.6 Å². The Labute approximate surface area is 129 Å². The van der Waals surface area contributed by atoms with Crippen LogP contribution < -0.4 is 10.1 Å². The van der Waals surface area contributed by atoms with Gasteiger partial charge in [0.1, 0.15) is 12.4 Å². The van der Waals surface area contributed by atoms with E-state index in [1.807, 2.05) is 55.5 Å². The minimum absolute atomic E-state index is 0.0627. The van der Waals surface area contributed by atoms with Crippen molar-refractivity contribution in [2.24, 2.45) is 0 Å². The minimum atomic E-state index is -0.0693. The van der Waals surface area contributed by atoms with E-state index in [1.54, 1.807) is 6.07 Å². The van der Waals surface area contributed by atoms with Gasteiger partial charge in [0.15, 0.2) is 0 Å². The molecule has 0 aliphatic rings. The maximum Gasteiger partial charge on any atom is 0.224 e. The molecule has 0 fully saturated rings. The second-order valence-corrected chi connectivity index (χ2v) is 5.27. The van der Waals surface area contributed by atoms with E-state index in [4.69, 9.17) is 16.3 Å². The minimum Gasteiger partial charge on any atom is -0.491 e. The lowest BCUT2D eigenvalue weighted by Crippen LogP contribution is -2.37. The molecule has 4 heteroatoms. The summed E-state index contributed by atoms with van der Waals surface area (Å²) in [4.78, 5) is 12.0. The Kier molecular flexibility index (Phi) is 5.64. The first-order chi connectivity index (χ1) is 10.1. The van der Waals surface area contributed by atoms with Crippen LogP contribution in [0.2, 0.25) is 5.02 Å². The highest BCUT2D eigenvalue weighted by molar-refractivity contribution is 6.31. The quantitative estimate of drug-likeness (QED) is 0.887. The van der Waals surface area contributed by atoms with Crippen LogP contribution >= 0.6 is 11.6 Å². The summed E-state index contributed by atoms with van der Waals surface area (Å²) >= 11 is 6.04. The second kappa shape index (κ2) is 7.70. The molecular weight excluding hydrogens is 286 g/mol.